The summed E-state index contributed by atoms with van der Waals surface area (Å²) in [6, 6.07) is 7.16. The first-order valence-electron chi connectivity index (χ1n) is 4.67. The van der Waals surface area contributed by atoms with E-state index >= 15 is 0 Å². The average molecular weight is 220 g/mol. The van der Waals surface area contributed by atoms with Gasteiger partial charge in [-0.3, -0.25) is 4.79 Å². The molecule has 2 heterocycles. The van der Waals surface area contributed by atoms with E-state index in [4.69, 9.17) is 5.73 Å². The van der Waals surface area contributed by atoms with Gasteiger partial charge in [-0.2, -0.15) is 0 Å². The van der Waals surface area contributed by atoms with E-state index in [1.165, 1.54) is 6.07 Å². The zero-order valence-electron chi connectivity index (χ0n) is 8.43. The molecule has 0 aliphatic rings. The van der Waals surface area contributed by atoms with Gasteiger partial charge < -0.3 is 10.3 Å². The number of pyridine rings is 1. The molecule has 0 saturated carbocycles. The summed E-state index contributed by atoms with van der Waals surface area (Å²) in [7, 11) is 0. The van der Waals surface area contributed by atoms with Gasteiger partial charge in [-0.15, -0.1) is 11.3 Å². The summed E-state index contributed by atoms with van der Waals surface area (Å²) in [4.78, 5) is 12.8. The van der Waals surface area contributed by atoms with Gasteiger partial charge in [0.25, 0.3) is 5.56 Å². The SMILES string of the molecule is Cc1c(N)ccc(=O)n1Cc1cccs1. The quantitative estimate of drug-likeness (QED) is 0.839. The van der Waals surface area contributed by atoms with Gasteiger partial charge in [0.1, 0.15) is 0 Å². The second kappa shape index (κ2) is 3.90. The van der Waals surface area contributed by atoms with E-state index in [0.717, 1.165) is 10.6 Å². The zero-order chi connectivity index (χ0) is 10.8. The Morgan fingerprint density at radius 3 is 2.87 bits per heavy atom. The van der Waals surface area contributed by atoms with Crippen LogP contribution in [0, 0.1) is 6.92 Å². The molecule has 0 saturated heterocycles. The zero-order valence-corrected chi connectivity index (χ0v) is 9.25. The van der Waals surface area contributed by atoms with E-state index in [1.54, 1.807) is 22.0 Å². The van der Waals surface area contributed by atoms with Gasteiger partial charge in [0.15, 0.2) is 0 Å². The molecule has 0 aliphatic carbocycles. The number of rotatable bonds is 2. The molecule has 2 aromatic heterocycles. The van der Waals surface area contributed by atoms with Crippen LogP contribution in [0.15, 0.2) is 34.4 Å². The Bertz CT molecular complexity index is 514. The van der Waals surface area contributed by atoms with Crippen molar-refractivity contribution in [2.45, 2.75) is 13.5 Å². The van der Waals surface area contributed by atoms with Crippen LogP contribution in [0.3, 0.4) is 0 Å². The van der Waals surface area contributed by atoms with Crippen molar-refractivity contribution in [3.8, 4) is 0 Å². The molecule has 0 amide bonds. The molecular weight excluding hydrogens is 208 g/mol. The molecule has 2 N–H and O–H groups in total. The molecule has 2 aromatic rings. The Morgan fingerprint density at radius 1 is 1.40 bits per heavy atom. The number of anilines is 1. The molecule has 2 rings (SSSR count). The second-order valence-corrected chi connectivity index (χ2v) is 4.41. The lowest BCUT2D eigenvalue weighted by atomic mass is 10.3. The third kappa shape index (κ3) is 1.94. The Hall–Kier alpha value is -1.55. The summed E-state index contributed by atoms with van der Waals surface area (Å²) >= 11 is 1.64. The Morgan fingerprint density at radius 2 is 2.20 bits per heavy atom. The Kier molecular flexibility index (Phi) is 2.60. The highest BCUT2D eigenvalue weighted by atomic mass is 32.1. The molecule has 4 heteroatoms. The predicted molar refractivity (Wildman–Crippen MR) is 63.3 cm³/mol. The molecule has 0 unspecified atom stereocenters. The second-order valence-electron chi connectivity index (χ2n) is 3.38. The molecule has 78 valence electrons. The fourth-order valence-electron chi connectivity index (χ4n) is 1.45. The molecule has 0 aromatic carbocycles. The number of nitrogens with two attached hydrogens (primary N) is 1. The van der Waals surface area contributed by atoms with E-state index < -0.39 is 0 Å². The first-order chi connectivity index (χ1) is 7.18. The fourth-order valence-corrected chi connectivity index (χ4v) is 2.14. The minimum atomic E-state index is -0.00454. The van der Waals surface area contributed by atoms with Gasteiger partial charge in [-0.25, -0.2) is 0 Å². The monoisotopic (exact) mass is 220 g/mol. The number of nitrogens with zero attached hydrogens (tertiary/aromatic N) is 1. The van der Waals surface area contributed by atoms with Crippen LogP contribution in [0.25, 0.3) is 0 Å². The van der Waals surface area contributed by atoms with Crippen LogP contribution >= 0.6 is 11.3 Å². The van der Waals surface area contributed by atoms with Crippen LogP contribution in [-0.2, 0) is 6.54 Å². The maximum absolute atomic E-state index is 11.6. The molecule has 3 nitrogen and oxygen atoms in total. The number of thiophene rings is 1. The van der Waals surface area contributed by atoms with Crippen LogP contribution in [0.4, 0.5) is 5.69 Å². The smallest absolute Gasteiger partial charge is 0.251 e. The van der Waals surface area contributed by atoms with Gasteiger partial charge in [0, 0.05) is 16.6 Å². The number of hydrogen-bond acceptors (Lipinski definition) is 3. The first-order valence-corrected chi connectivity index (χ1v) is 5.55. The lowest BCUT2D eigenvalue weighted by Gasteiger charge is -2.10. The Labute approximate surface area is 91.8 Å². The molecule has 0 bridgehead atoms. The van der Waals surface area contributed by atoms with Crippen LogP contribution in [0.2, 0.25) is 0 Å². The summed E-state index contributed by atoms with van der Waals surface area (Å²) < 4.78 is 1.70. The summed E-state index contributed by atoms with van der Waals surface area (Å²) in [6.45, 7) is 2.47. The summed E-state index contributed by atoms with van der Waals surface area (Å²) in [6.07, 6.45) is 0. The molecule has 0 spiro atoms. The highest BCUT2D eigenvalue weighted by molar-refractivity contribution is 7.09. The predicted octanol–water partition coefficient (Wildman–Crippen LogP) is 1.85. The van der Waals surface area contributed by atoms with E-state index in [9.17, 15) is 4.79 Å². The number of aromatic nitrogens is 1. The molecule has 15 heavy (non-hydrogen) atoms. The topological polar surface area (TPSA) is 48.0 Å². The molecule has 0 fully saturated rings. The number of nitrogen functional groups attached to an aromatic ring is 1. The van der Waals surface area contributed by atoms with Crippen molar-refractivity contribution >= 4 is 17.0 Å². The first kappa shape index (κ1) is 9.98. The van der Waals surface area contributed by atoms with E-state index in [1.807, 2.05) is 24.4 Å². The maximum Gasteiger partial charge on any atom is 0.251 e. The third-order valence-electron chi connectivity index (χ3n) is 2.39. The average Bonchev–Trinajstić information content (AvgIpc) is 2.71. The van der Waals surface area contributed by atoms with Crippen molar-refractivity contribution in [2.24, 2.45) is 0 Å². The Balaban J connectivity index is 2.44. The lowest BCUT2D eigenvalue weighted by Crippen LogP contribution is -2.22. The standard InChI is InChI=1S/C11H12N2OS/c1-8-10(12)4-5-11(14)13(8)7-9-3-2-6-15-9/h2-6H,7,12H2,1H3. The summed E-state index contributed by atoms with van der Waals surface area (Å²) in [5, 5.41) is 2.00. The number of hydrogen-bond donors (Lipinski definition) is 1. The van der Waals surface area contributed by atoms with E-state index in [-0.39, 0.29) is 5.56 Å². The maximum atomic E-state index is 11.6. The largest absolute Gasteiger partial charge is 0.397 e. The highest BCUT2D eigenvalue weighted by Gasteiger charge is 2.04. The van der Waals surface area contributed by atoms with Gasteiger partial charge in [-0.05, 0) is 24.4 Å². The van der Waals surface area contributed by atoms with Gasteiger partial charge >= 0.3 is 0 Å². The van der Waals surface area contributed by atoms with Crippen LogP contribution in [0.1, 0.15) is 10.6 Å². The fraction of sp³-hybridized carbons (Fsp3) is 0.182. The van der Waals surface area contributed by atoms with Crippen molar-refractivity contribution in [1.82, 2.24) is 4.57 Å². The van der Waals surface area contributed by atoms with Crippen molar-refractivity contribution in [1.29, 1.82) is 0 Å². The summed E-state index contributed by atoms with van der Waals surface area (Å²) in [5.41, 5.74) is 7.25. The van der Waals surface area contributed by atoms with Gasteiger partial charge in [0.05, 0.1) is 12.2 Å². The third-order valence-corrected chi connectivity index (χ3v) is 3.25. The highest BCUT2D eigenvalue weighted by Crippen LogP contribution is 2.13. The van der Waals surface area contributed by atoms with E-state index in [2.05, 4.69) is 0 Å². The van der Waals surface area contributed by atoms with Gasteiger partial charge in [0.2, 0.25) is 0 Å². The molecule has 0 aliphatic heterocycles. The van der Waals surface area contributed by atoms with E-state index in [0.29, 0.717) is 12.2 Å². The van der Waals surface area contributed by atoms with Gasteiger partial charge in [-0.1, -0.05) is 6.07 Å². The molecule has 0 atom stereocenters. The van der Waals surface area contributed by atoms with Crippen molar-refractivity contribution in [3.63, 3.8) is 0 Å². The van der Waals surface area contributed by atoms with Crippen molar-refractivity contribution < 1.29 is 0 Å². The minimum Gasteiger partial charge on any atom is -0.397 e. The normalized spacial score (nSPS) is 10.5. The van der Waals surface area contributed by atoms with Crippen molar-refractivity contribution in [3.05, 3.63) is 50.6 Å². The van der Waals surface area contributed by atoms with Crippen molar-refractivity contribution in [2.75, 3.05) is 5.73 Å². The minimum absolute atomic E-state index is 0.00454. The molecule has 0 radical (unpaired) electrons. The van der Waals surface area contributed by atoms with Crippen LogP contribution in [0.5, 0.6) is 0 Å². The lowest BCUT2D eigenvalue weighted by molar-refractivity contribution is 0.742. The van der Waals surface area contributed by atoms with Crippen LogP contribution < -0.4 is 11.3 Å². The van der Waals surface area contributed by atoms with Crippen LogP contribution in [-0.4, -0.2) is 4.57 Å². The summed E-state index contributed by atoms with van der Waals surface area (Å²) in [5.74, 6) is 0. The molecular formula is C11H12N2OS.